The van der Waals surface area contributed by atoms with E-state index in [1.807, 2.05) is 0 Å². The lowest BCUT2D eigenvalue weighted by molar-refractivity contribution is 0.324. The van der Waals surface area contributed by atoms with Crippen LogP contribution in [0.5, 0.6) is 0 Å². The molecule has 4 heteroatoms. The molecule has 0 saturated carbocycles. The third kappa shape index (κ3) is 2.48. The molecule has 0 radical (unpaired) electrons. The minimum absolute atomic E-state index is 0.446. The van der Waals surface area contributed by atoms with Gasteiger partial charge in [0.15, 0.2) is 4.77 Å². The molecule has 0 fully saturated rings. The highest BCUT2D eigenvalue weighted by Gasteiger charge is 2.18. The van der Waals surface area contributed by atoms with Gasteiger partial charge < -0.3 is 4.57 Å². The molecular weight excluding hydrogens is 206 g/mol. The first-order chi connectivity index (χ1) is 7.15. The molecule has 0 amide bonds. The Balaban J connectivity index is 3.03. The first-order valence-corrected chi connectivity index (χ1v) is 6.22. The van der Waals surface area contributed by atoms with E-state index in [0.717, 1.165) is 17.0 Å². The Hall–Kier alpha value is -0.640. The SMILES string of the molecule is CCc1n[nH]c(=S)n1C(C)C(CC)CC. The van der Waals surface area contributed by atoms with Crippen LogP contribution in [0.2, 0.25) is 0 Å². The molecule has 0 aromatic carbocycles. The Morgan fingerprint density at radius 3 is 2.40 bits per heavy atom. The number of H-pyrrole nitrogens is 1. The van der Waals surface area contributed by atoms with Crippen molar-refractivity contribution in [2.24, 2.45) is 5.92 Å². The van der Waals surface area contributed by atoms with Crippen LogP contribution in [0.1, 0.15) is 52.4 Å². The van der Waals surface area contributed by atoms with Gasteiger partial charge in [-0.05, 0) is 25.1 Å². The summed E-state index contributed by atoms with van der Waals surface area (Å²) in [7, 11) is 0. The second-order valence-corrected chi connectivity index (χ2v) is 4.37. The molecule has 15 heavy (non-hydrogen) atoms. The third-order valence-electron chi connectivity index (χ3n) is 3.23. The molecule has 0 aliphatic heterocycles. The predicted molar refractivity (Wildman–Crippen MR) is 65.6 cm³/mol. The van der Waals surface area contributed by atoms with Gasteiger partial charge >= 0.3 is 0 Å². The second-order valence-electron chi connectivity index (χ2n) is 3.99. The predicted octanol–water partition coefficient (Wildman–Crippen LogP) is 3.50. The van der Waals surface area contributed by atoms with Gasteiger partial charge in [-0.25, -0.2) is 0 Å². The number of nitrogens with zero attached hydrogens (tertiary/aromatic N) is 2. The van der Waals surface area contributed by atoms with Gasteiger partial charge in [0.2, 0.25) is 0 Å². The molecule has 3 nitrogen and oxygen atoms in total. The van der Waals surface area contributed by atoms with Crippen molar-refractivity contribution in [1.82, 2.24) is 14.8 Å². The lowest BCUT2D eigenvalue weighted by Crippen LogP contribution is -2.17. The minimum Gasteiger partial charge on any atom is -0.301 e. The molecule has 0 aliphatic carbocycles. The van der Waals surface area contributed by atoms with E-state index in [-0.39, 0.29) is 0 Å². The van der Waals surface area contributed by atoms with Gasteiger partial charge in [-0.2, -0.15) is 5.10 Å². The lowest BCUT2D eigenvalue weighted by Gasteiger charge is -2.23. The van der Waals surface area contributed by atoms with Crippen LogP contribution >= 0.6 is 12.2 Å². The Bertz CT molecular complexity index is 349. The number of hydrogen-bond acceptors (Lipinski definition) is 2. The highest BCUT2D eigenvalue weighted by atomic mass is 32.1. The summed E-state index contributed by atoms with van der Waals surface area (Å²) in [6.07, 6.45) is 3.30. The standard InChI is InChI=1S/C11H21N3S/c1-5-9(6-2)8(4)14-10(7-3)12-13-11(14)15/h8-9H,5-7H2,1-4H3,(H,13,15). The number of hydrogen-bond donors (Lipinski definition) is 1. The zero-order chi connectivity index (χ0) is 11.4. The van der Waals surface area contributed by atoms with E-state index < -0.39 is 0 Å². The average molecular weight is 227 g/mol. The fourth-order valence-electron chi connectivity index (χ4n) is 2.19. The van der Waals surface area contributed by atoms with Gasteiger partial charge in [-0.15, -0.1) is 0 Å². The molecule has 1 rings (SSSR count). The van der Waals surface area contributed by atoms with Crippen molar-refractivity contribution in [2.45, 2.75) is 53.0 Å². The molecule has 1 aromatic rings. The van der Waals surface area contributed by atoms with Gasteiger partial charge in [0, 0.05) is 12.5 Å². The summed E-state index contributed by atoms with van der Waals surface area (Å²) in [6, 6.07) is 0.446. The Kier molecular flexibility index (Phi) is 4.51. The molecule has 1 heterocycles. The first kappa shape index (κ1) is 12.4. The normalized spacial score (nSPS) is 13.4. The third-order valence-corrected chi connectivity index (χ3v) is 3.52. The molecule has 86 valence electrons. The van der Waals surface area contributed by atoms with Gasteiger partial charge in [0.1, 0.15) is 5.82 Å². The Morgan fingerprint density at radius 1 is 1.33 bits per heavy atom. The van der Waals surface area contributed by atoms with E-state index in [2.05, 4.69) is 42.5 Å². The van der Waals surface area contributed by atoms with E-state index in [9.17, 15) is 0 Å². The summed E-state index contributed by atoms with van der Waals surface area (Å²) in [5.41, 5.74) is 0. The summed E-state index contributed by atoms with van der Waals surface area (Å²) in [4.78, 5) is 0. The van der Waals surface area contributed by atoms with E-state index >= 15 is 0 Å². The van der Waals surface area contributed by atoms with Crippen molar-refractivity contribution in [1.29, 1.82) is 0 Å². The lowest BCUT2D eigenvalue weighted by atomic mass is 9.95. The van der Waals surface area contributed by atoms with Gasteiger partial charge in [0.05, 0.1) is 0 Å². The van der Waals surface area contributed by atoms with Crippen LogP contribution in [0.25, 0.3) is 0 Å². The van der Waals surface area contributed by atoms with E-state index in [1.165, 1.54) is 12.8 Å². The highest BCUT2D eigenvalue weighted by Crippen LogP contribution is 2.25. The summed E-state index contributed by atoms with van der Waals surface area (Å²) < 4.78 is 2.93. The highest BCUT2D eigenvalue weighted by molar-refractivity contribution is 7.71. The van der Waals surface area contributed by atoms with Crippen molar-refractivity contribution in [3.05, 3.63) is 10.6 Å². The molecule has 1 N–H and O–H groups in total. The monoisotopic (exact) mass is 227 g/mol. The molecular formula is C11H21N3S. The van der Waals surface area contributed by atoms with Gasteiger partial charge in [0.25, 0.3) is 0 Å². The zero-order valence-corrected chi connectivity index (χ0v) is 10.9. The van der Waals surface area contributed by atoms with Crippen molar-refractivity contribution in [3.63, 3.8) is 0 Å². The largest absolute Gasteiger partial charge is 0.301 e. The minimum atomic E-state index is 0.446. The fourth-order valence-corrected chi connectivity index (χ4v) is 2.51. The van der Waals surface area contributed by atoms with Crippen LogP contribution in [0.4, 0.5) is 0 Å². The molecule has 0 bridgehead atoms. The van der Waals surface area contributed by atoms with Crippen LogP contribution in [0.3, 0.4) is 0 Å². The molecule has 0 aliphatic rings. The number of aromatic nitrogens is 3. The van der Waals surface area contributed by atoms with Gasteiger partial charge in [-0.1, -0.05) is 33.6 Å². The average Bonchev–Trinajstić information content (AvgIpc) is 2.61. The topological polar surface area (TPSA) is 33.6 Å². The Morgan fingerprint density at radius 2 is 1.93 bits per heavy atom. The number of aryl methyl sites for hydroxylation is 1. The summed E-state index contributed by atoms with van der Waals surface area (Å²) in [5, 5.41) is 7.14. The zero-order valence-electron chi connectivity index (χ0n) is 10.1. The summed E-state index contributed by atoms with van der Waals surface area (Å²) in [6.45, 7) is 8.82. The number of aromatic amines is 1. The maximum atomic E-state index is 5.28. The molecule has 1 unspecified atom stereocenters. The maximum absolute atomic E-state index is 5.28. The summed E-state index contributed by atoms with van der Waals surface area (Å²) >= 11 is 5.28. The van der Waals surface area contributed by atoms with Crippen LogP contribution in [-0.4, -0.2) is 14.8 Å². The fraction of sp³-hybridized carbons (Fsp3) is 0.818. The molecule has 1 aromatic heterocycles. The molecule has 0 saturated heterocycles. The van der Waals surface area contributed by atoms with Crippen LogP contribution < -0.4 is 0 Å². The van der Waals surface area contributed by atoms with E-state index in [1.54, 1.807) is 0 Å². The maximum Gasteiger partial charge on any atom is 0.195 e. The second kappa shape index (κ2) is 5.45. The molecule has 1 atom stereocenters. The van der Waals surface area contributed by atoms with Crippen LogP contribution in [0, 0.1) is 10.7 Å². The van der Waals surface area contributed by atoms with E-state index in [4.69, 9.17) is 12.2 Å². The molecule has 0 spiro atoms. The first-order valence-electron chi connectivity index (χ1n) is 5.81. The van der Waals surface area contributed by atoms with Crippen LogP contribution in [0.15, 0.2) is 0 Å². The number of rotatable bonds is 5. The number of nitrogens with one attached hydrogen (secondary N) is 1. The quantitative estimate of drug-likeness (QED) is 0.781. The van der Waals surface area contributed by atoms with Crippen molar-refractivity contribution in [2.75, 3.05) is 0 Å². The van der Waals surface area contributed by atoms with Gasteiger partial charge in [-0.3, -0.25) is 5.10 Å². The van der Waals surface area contributed by atoms with Crippen molar-refractivity contribution in [3.8, 4) is 0 Å². The Labute approximate surface area is 96.9 Å². The summed E-state index contributed by atoms with van der Waals surface area (Å²) in [5.74, 6) is 1.75. The van der Waals surface area contributed by atoms with Crippen molar-refractivity contribution >= 4 is 12.2 Å². The van der Waals surface area contributed by atoms with Crippen LogP contribution in [-0.2, 0) is 6.42 Å². The van der Waals surface area contributed by atoms with Crippen molar-refractivity contribution < 1.29 is 0 Å². The van der Waals surface area contributed by atoms with E-state index in [0.29, 0.717) is 12.0 Å². The smallest absolute Gasteiger partial charge is 0.195 e.